The van der Waals surface area contributed by atoms with Crippen molar-refractivity contribution in [1.29, 1.82) is 0 Å². The average molecular weight is 223 g/mol. The number of aryl methyl sites for hydroxylation is 1. The van der Waals surface area contributed by atoms with Gasteiger partial charge in [-0.1, -0.05) is 6.07 Å². The van der Waals surface area contributed by atoms with Gasteiger partial charge >= 0.3 is 0 Å². The van der Waals surface area contributed by atoms with Gasteiger partial charge in [0.15, 0.2) is 5.78 Å². The Balaban J connectivity index is 2.22. The summed E-state index contributed by atoms with van der Waals surface area (Å²) in [6, 6.07) is 4.24. The largest absolute Gasteiger partial charge is 0.367 e. The molecule has 1 saturated heterocycles. The van der Waals surface area contributed by atoms with Crippen molar-refractivity contribution >= 4 is 5.78 Å². The highest BCUT2D eigenvalue weighted by atomic mass is 19.1. The van der Waals surface area contributed by atoms with Gasteiger partial charge in [0.05, 0.1) is 6.61 Å². The zero-order chi connectivity index (χ0) is 11.5. The minimum atomic E-state index is -0.491. The van der Waals surface area contributed by atoms with E-state index in [1.54, 1.807) is 13.0 Å². The van der Waals surface area contributed by atoms with Crippen LogP contribution in [-0.2, 0) is 4.74 Å². The predicted octanol–water partition coefficient (Wildman–Crippen LogP) is 1.31. The van der Waals surface area contributed by atoms with Gasteiger partial charge in [-0.25, -0.2) is 4.39 Å². The molecule has 1 aromatic carbocycles. The molecule has 0 saturated carbocycles. The molecule has 16 heavy (non-hydrogen) atoms. The van der Waals surface area contributed by atoms with Crippen LogP contribution in [0.15, 0.2) is 18.2 Å². The lowest BCUT2D eigenvalue weighted by Crippen LogP contribution is -2.43. The Kier molecular flexibility index (Phi) is 3.31. The van der Waals surface area contributed by atoms with Crippen molar-refractivity contribution in [2.45, 2.75) is 13.0 Å². The molecule has 0 spiro atoms. The number of Topliss-reactive ketones (excluding diaryl/α,β-unsaturated/α-hetero) is 1. The minimum Gasteiger partial charge on any atom is -0.367 e. The lowest BCUT2D eigenvalue weighted by Gasteiger charge is -2.23. The summed E-state index contributed by atoms with van der Waals surface area (Å²) in [5.41, 5.74) is 1.19. The van der Waals surface area contributed by atoms with Crippen LogP contribution in [0.1, 0.15) is 15.9 Å². The molecule has 0 bridgehead atoms. The second-order valence-electron chi connectivity index (χ2n) is 3.89. The van der Waals surface area contributed by atoms with Crippen molar-refractivity contribution in [2.24, 2.45) is 0 Å². The van der Waals surface area contributed by atoms with Gasteiger partial charge in [0.2, 0.25) is 0 Å². The molecule has 2 rings (SSSR count). The lowest BCUT2D eigenvalue weighted by molar-refractivity contribution is 0.0268. The summed E-state index contributed by atoms with van der Waals surface area (Å²) in [5.74, 6) is -0.540. The number of halogens is 1. The van der Waals surface area contributed by atoms with Crippen molar-refractivity contribution in [1.82, 2.24) is 5.32 Å². The molecule has 1 atom stereocenters. The summed E-state index contributed by atoms with van der Waals surface area (Å²) in [7, 11) is 0. The quantitative estimate of drug-likeness (QED) is 0.768. The average Bonchev–Trinajstić information content (AvgIpc) is 2.32. The summed E-state index contributed by atoms with van der Waals surface area (Å²) in [6.45, 7) is 3.56. The third-order valence-electron chi connectivity index (χ3n) is 2.69. The minimum absolute atomic E-state index is 0.149. The maximum atomic E-state index is 13.1. The summed E-state index contributed by atoms with van der Waals surface area (Å²) in [4.78, 5) is 12.0. The van der Waals surface area contributed by atoms with Crippen LogP contribution in [0.2, 0.25) is 0 Å². The number of carbonyl (C=O) groups is 1. The maximum Gasteiger partial charge on any atom is 0.193 e. The van der Waals surface area contributed by atoms with E-state index in [1.807, 2.05) is 0 Å². The van der Waals surface area contributed by atoms with E-state index in [2.05, 4.69) is 5.32 Å². The summed E-state index contributed by atoms with van der Waals surface area (Å²) < 4.78 is 18.4. The smallest absolute Gasteiger partial charge is 0.193 e. The molecular formula is C12H14FNO2. The van der Waals surface area contributed by atoms with E-state index in [0.717, 1.165) is 12.1 Å². The van der Waals surface area contributed by atoms with E-state index in [1.165, 1.54) is 12.1 Å². The standard InChI is InChI=1S/C12H14FNO2/c1-8-2-3-9(13)6-10(8)12(15)11-7-14-4-5-16-11/h2-3,6,11,14H,4-5,7H2,1H3. The number of ether oxygens (including phenoxy) is 1. The Morgan fingerprint density at radius 1 is 1.56 bits per heavy atom. The summed E-state index contributed by atoms with van der Waals surface area (Å²) in [5, 5.41) is 3.08. The number of ketones is 1. The molecule has 1 aliphatic heterocycles. The highest BCUT2D eigenvalue weighted by molar-refractivity contribution is 6.00. The van der Waals surface area contributed by atoms with Gasteiger partial charge in [0.25, 0.3) is 0 Å². The van der Waals surface area contributed by atoms with Crippen LogP contribution in [0, 0.1) is 12.7 Å². The molecule has 86 valence electrons. The van der Waals surface area contributed by atoms with Gasteiger partial charge in [-0.3, -0.25) is 4.79 Å². The van der Waals surface area contributed by atoms with Crippen LogP contribution in [0.3, 0.4) is 0 Å². The van der Waals surface area contributed by atoms with Crippen molar-refractivity contribution < 1.29 is 13.9 Å². The number of hydrogen-bond donors (Lipinski definition) is 1. The molecule has 1 fully saturated rings. The molecule has 1 aromatic rings. The third kappa shape index (κ3) is 2.28. The van der Waals surface area contributed by atoms with Crippen molar-refractivity contribution in [2.75, 3.05) is 19.7 Å². The monoisotopic (exact) mass is 223 g/mol. The Morgan fingerprint density at radius 2 is 2.38 bits per heavy atom. The first-order valence-corrected chi connectivity index (χ1v) is 5.31. The molecule has 1 heterocycles. The number of benzene rings is 1. The van der Waals surface area contributed by atoms with E-state index < -0.39 is 11.9 Å². The third-order valence-corrected chi connectivity index (χ3v) is 2.69. The van der Waals surface area contributed by atoms with Crippen LogP contribution < -0.4 is 5.32 Å². The number of rotatable bonds is 2. The Morgan fingerprint density at radius 3 is 3.06 bits per heavy atom. The van der Waals surface area contributed by atoms with E-state index in [4.69, 9.17) is 4.74 Å². The van der Waals surface area contributed by atoms with E-state index in [-0.39, 0.29) is 5.78 Å². The molecule has 1 unspecified atom stereocenters. The van der Waals surface area contributed by atoms with E-state index in [0.29, 0.717) is 18.7 Å². The van der Waals surface area contributed by atoms with Gasteiger partial charge in [0.1, 0.15) is 11.9 Å². The number of hydrogen-bond acceptors (Lipinski definition) is 3. The van der Waals surface area contributed by atoms with Crippen LogP contribution in [-0.4, -0.2) is 31.6 Å². The molecule has 1 N–H and O–H groups in total. The van der Waals surface area contributed by atoms with E-state index >= 15 is 0 Å². The van der Waals surface area contributed by atoms with Crippen LogP contribution in [0.5, 0.6) is 0 Å². The van der Waals surface area contributed by atoms with Crippen LogP contribution >= 0.6 is 0 Å². The first kappa shape index (κ1) is 11.2. The molecule has 3 nitrogen and oxygen atoms in total. The Hall–Kier alpha value is -1.26. The summed E-state index contributed by atoms with van der Waals surface area (Å²) in [6.07, 6.45) is -0.491. The second-order valence-corrected chi connectivity index (χ2v) is 3.89. The molecule has 4 heteroatoms. The SMILES string of the molecule is Cc1ccc(F)cc1C(=O)C1CNCCO1. The zero-order valence-corrected chi connectivity index (χ0v) is 9.13. The van der Waals surface area contributed by atoms with Crippen LogP contribution in [0.25, 0.3) is 0 Å². The van der Waals surface area contributed by atoms with Gasteiger partial charge < -0.3 is 10.1 Å². The molecule has 0 aromatic heterocycles. The van der Waals surface area contributed by atoms with Crippen molar-refractivity contribution in [3.63, 3.8) is 0 Å². The summed E-state index contributed by atoms with van der Waals surface area (Å²) >= 11 is 0. The highest BCUT2D eigenvalue weighted by Gasteiger charge is 2.24. The Labute approximate surface area is 93.6 Å². The lowest BCUT2D eigenvalue weighted by atomic mass is 10.0. The first-order valence-electron chi connectivity index (χ1n) is 5.31. The van der Waals surface area contributed by atoms with Gasteiger partial charge in [-0.15, -0.1) is 0 Å². The molecule has 0 amide bonds. The number of nitrogens with one attached hydrogen (secondary N) is 1. The van der Waals surface area contributed by atoms with Gasteiger partial charge in [-0.2, -0.15) is 0 Å². The number of morpholine rings is 1. The topological polar surface area (TPSA) is 38.3 Å². The van der Waals surface area contributed by atoms with Crippen LogP contribution in [0.4, 0.5) is 4.39 Å². The predicted molar refractivity (Wildman–Crippen MR) is 58.1 cm³/mol. The van der Waals surface area contributed by atoms with Crippen molar-refractivity contribution in [3.8, 4) is 0 Å². The van der Waals surface area contributed by atoms with E-state index in [9.17, 15) is 9.18 Å². The molecule has 1 aliphatic rings. The first-order chi connectivity index (χ1) is 7.68. The van der Waals surface area contributed by atoms with Gasteiger partial charge in [0, 0.05) is 18.7 Å². The van der Waals surface area contributed by atoms with Crippen molar-refractivity contribution in [3.05, 3.63) is 35.1 Å². The molecule has 0 aliphatic carbocycles. The normalized spacial score (nSPS) is 20.8. The fourth-order valence-electron chi connectivity index (χ4n) is 1.77. The zero-order valence-electron chi connectivity index (χ0n) is 9.13. The Bertz CT molecular complexity index is 400. The molecule has 0 radical (unpaired) electrons. The fraction of sp³-hybridized carbons (Fsp3) is 0.417. The second kappa shape index (κ2) is 4.72. The highest BCUT2D eigenvalue weighted by Crippen LogP contribution is 2.14. The molecular weight excluding hydrogens is 209 g/mol. The fourth-order valence-corrected chi connectivity index (χ4v) is 1.77. The number of carbonyl (C=O) groups excluding carboxylic acids is 1. The van der Waals surface area contributed by atoms with Gasteiger partial charge in [-0.05, 0) is 24.6 Å². The maximum absolute atomic E-state index is 13.1.